The van der Waals surface area contributed by atoms with Gasteiger partial charge in [0, 0.05) is 21.8 Å². The third-order valence-corrected chi connectivity index (χ3v) is 3.72. The van der Waals surface area contributed by atoms with Gasteiger partial charge in [0.2, 0.25) is 5.95 Å². The molecule has 7 heteroatoms. The van der Waals surface area contributed by atoms with Gasteiger partial charge in [0.25, 0.3) is 0 Å². The van der Waals surface area contributed by atoms with Crippen molar-refractivity contribution in [3.63, 3.8) is 0 Å². The Morgan fingerprint density at radius 3 is 2.45 bits per heavy atom. The highest BCUT2D eigenvalue weighted by Gasteiger charge is 2.05. The van der Waals surface area contributed by atoms with Crippen molar-refractivity contribution in [2.45, 2.75) is 0 Å². The molecule has 0 aliphatic carbocycles. The molecule has 1 aromatic carbocycles. The Morgan fingerprint density at radius 2 is 1.73 bits per heavy atom. The van der Waals surface area contributed by atoms with Crippen molar-refractivity contribution in [2.24, 2.45) is 0 Å². The van der Waals surface area contributed by atoms with Gasteiger partial charge in [-0.1, -0.05) is 41.4 Å². The summed E-state index contributed by atoms with van der Waals surface area (Å²) in [6.07, 6.45) is 5.33. The summed E-state index contributed by atoms with van der Waals surface area (Å²) in [5.41, 5.74) is 13.4. The van der Waals surface area contributed by atoms with E-state index in [0.717, 1.165) is 11.1 Å². The zero-order valence-corrected chi connectivity index (χ0v) is 12.8. The first-order valence-corrected chi connectivity index (χ1v) is 7.11. The Kier molecular flexibility index (Phi) is 3.83. The second kappa shape index (κ2) is 5.79. The molecule has 0 aliphatic heterocycles. The average Bonchev–Trinajstić information content (AvgIpc) is 2.47. The van der Waals surface area contributed by atoms with Crippen LogP contribution in [0.2, 0.25) is 10.0 Å². The van der Waals surface area contributed by atoms with Gasteiger partial charge in [-0.3, -0.25) is 0 Å². The Hall–Kier alpha value is -2.37. The smallest absolute Gasteiger partial charge is 0.224 e. The fourth-order valence-electron chi connectivity index (χ4n) is 2.01. The third kappa shape index (κ3) is 2.81. The summed E-state index contributed by atoms with van der Waals surface area (Å²) in [5.74, 6) is 0.393. The molecule has 0 fully saturated rings. The Morgan fingerprint density at radius 1 is 1.00 bits per heavy atom. The van der Waals surface area contributed by atoms with Crippen molar-refractivity contribution in [2.75, 3.05) is 11.5 Å². The topological polar surface area (TPSA) is 90.7 Å². The van der Waals surface area contributed by atoms with Crippen LogP contribution in [0, 0.1) is 0 Å². The van der Waals surface area contributed by atoms with E-state index in [1.54, 1.807) is 24.4 Å². The highest BCUT2D eigenvalue weighted by Crippen LogP contribution is 2.26. The van der Waals surface area contributed by atoms with Gasteiger partial charge in [0.05, 0.1) is 5.39 Å². The molecular formula is C15H11Cl2N5. The lowest BCUT2D eigenvalue weighted by Gasteiger charge is -2.03. The Balaban J connectivity index is 2.03. The number of nitrogens with two attached hydrogens (primary N) is 2. The molecule has 0 bridgehead atoms. The molecule has 3 rings (SSSR count). The molecule has 0 spiro atoms. The second-order valence-corrected chi connectivity index (χ2v) is 5.39. The number of nitrogen functional groups attached to an aromatic ring is 2. The summed E-state index contributed by atoms with van der Waals surface area (Å²) in [6, 6.07) is 7.18. The maximum atomic E-state index is 6.13. The highest BCUT2D eigenvalue weighted by atomic mass is 35.5. The van der Waals surface area contributed by atoms with Crippen LogP contribution >= 0.6 is 23.2 Å². The summed E-state index contributed by atoms with van der Waals surface area (Å²) in [4.78, 5) is 12.2. The summed E-state index contributed by atoms with van der Waals surface area (Å²) < 4.78 is 0. The summed E-state index contributed by atoms with van der Waals surface area (Å²) in [5, 5.41) is 1.79. The van der Waals surface area contributed by atoms with Gasteiger partial charge in [-0.2, -0.15) is 9.97 Å². The Bertz CT molecular complexity index is 872. The van der Waals surface area contributed by atoms with Gasteiger partial charge in [-0.15, -0.1) is 0 Å². The Labute approximate surface area is 136 Å². The van der Waals surface area contributed by atoms with E-state index >= 15 is 0 Å². The fraction of sp³-hybridized carbons (Fsp3) is 0. The molecule has 5 nitrogen and oxygen atoms in total. The first-order valence-electron chi connectivity index (χ1n) is 6.35. The van der Waals surface area contributed by atoms with Crippen LogP contribution < -0.4 is 11.5 Å². The van der Waals surface area contributed by atoms with Crippen LogP contribution in [-0.2, 0) is 0 Å². The van der Waals surface area contributed by atoms with Crippen molar-refractivity contribution in [1.82, 2.24) is 15.0 Å². The zero-order chi connectivity index (χ0) is 15.7. The molecule has 2 aromatic heterocycles. The minimum atomic E-state index is 0.101. The van der Waals surface area contributed by atoms with Crippen LogP contribution in [0.5, 0.6) is 0 Å². The van der Waals surface area contributed by atoms with Crippen molar-refractivity contribution in [3.05, 3.63) is 51.6 Å². The highest BCUT2D eigenvalue weighted by molar-refractivity contribution is 6.37. The number of aromatic nitrogens is 3. The minimum Gasteiger partial charge on any atom is -0.383 e. The van der Waals surface area contributed by atoms with Crippen LogP contribution in [-0.4, -0.2) is 15.0 Å². The van der Waals surface area contributed by atoms with Crippen LogP contribution in [0.3, 0.4) is 0 Å². The van der Waals surface area contributed by atoms with Crippen LogP contribution in [0.4, 0.5) is 11.8 Å². The second-order valence-electron chi connectivity index (χ2n) is 4.58. The normalized spacial score (nSPS) is 11.4. The first kappa shape index (κ1) is 14.6. The summed E-state index contributed by atoms with van der Waals surface area (Å²) in [7, 11) is 0. The molecule has 0 atom stereocenters. The molecule has 4 N–H and O–H groups in total. The summed E-state index contributed by atoms with van der Waals surface area (Å²) in [6.45, 7) is 0. The number of hydrogen-bond acceptors (Lipinski definition) is 5. The van der Waals surface area contributed by atoms with Gasteiger partial charge >= 0.3 is 0 Å². The maximum absolute atomic E-state index is 6.13. The number of nitrogens with zero attached hydrogens (tertiary/aromatic N) is 3. The van der Waals surface area contributed by atoms with E-state index in [1.807, 2.05) is 18.2 Å². The predicted molar refractivity (Wildman–Crippen MR) is 91.5 cm³/mol. The lowest BCUT2D eigenvalue weighted by Crippen LogP contribution is -2.01. The standard InChI is InChI=1S/C15H11Cl2N5/c16-11-2-1-3-12(17)9(11)5-4-8-6-10-13(18)21-15(19)22-14(10)20-7-8/h1-7H,(H4,18,19,20,21,22). The van der Waals surface area contributed by atoms with Gasteiger partial charge in [0.1, 0.15) is 5.82 Å². The third-order valence-electron chi connectivity index (χ3n) is 3.06. The quantitative estimate of drug-likeness (QED) is 0.747. The van der Waals surface area contributed by atoms with Crippen molar-refractivity contribution < 1.29 is 0 Å². The first-order chi connectivity index (χ1) is 10.5. The largest absolute Gasteiger partial charge is 0.383 e. The average molecular weight is 332 g/mol. The van der Waals surface area contributed by atoms with Crippen molar-refractivity contribution in [1.29, 1.82) is 0 Å². The van der Waals surface area contributed by atoms with Crippen LogP contribution in [0.1, 0.15) is 11.1 Å². The number of hydrogen-bond donors (Lipinski definition) is 2. The number of anilines is 2. The van der Waals surface area contributed by atoms with Gasteiger partial charge in [-0.25, -0.2) is 4.98 Å². The maximum Gasteiger partial charge on any atom is 0.224 e. The molecule has 3 aromatic rings. The number of halogens is 2. The molecule has 0 amide bonds. The van der Waals surface area contributed by atoms with E-state index in [4.69, 9.17) is 34.7 Å². The van der Waals surface area contributed by atoms with E-state index in [1.165, 1.54) is 0 Å². The lowest BCUT2D eigenvalue weighted by atomic mass is 10.1. The number of benzene rings is 1. The van der Waals surface area contributed by atoms with E-state index in [9.17, 15) is 0 Å². The monoisotopic (exact) mass is 331 g/mol. The fourth-order valence-corrected chi connectivity index (χ4v) is 2.53. The lowest BCUT2D eigenvalue weighted by molar-refractivity contribution is 1.20. The summed E-state index contributed by atoms with van der Waals surface area (Å²) >= 11 is 12.3. The SMILES string of the molecule is Nc1nc(N)c2cc(C=Cc3c(Cl)cccc3Cl)cnc2n1. The molecule has 0 aliphatic rings. The molecule has 0 radical (unpaired) electrons. The molecule has 22 heavy (non-hydrogen) atoms. The van der Waals surface area contributed by atoms with Gasteiger partial charge in [-0.05, 0) is 23.8 Å². The van der Waals surface area contributed by atoms with Crippen LogP contribution in [0.15, 0.2) is 30.5 Å². The van der Waals surface area contributed by atoms with E-state index in [2.05, 4.69) is 15.0 Å². The molecule has 110 valence electrons. The number of pyridine rings is 1. The van der Waals surface area contributed by atoms with E-state index in [-0.39, 0.29) is 5.95 Å². The van der Waals surface area contributed by atoms with Crippen LogP contribution in [0.25, 0.3) is 23.2 Å². The van der Waals surface area contributed by atoms with Crippen molar-refractivity contribution in [3.8, 4) is 0 Å². The zero-order valence-electron chi connectivity index (χ0n) is 11.3. The number of fused-ring (bicyclic) bond motifs is 1. The molecular weight excluding hydrogens is 321 g/mol. The van der Waals surface area contributed by atoms with E-state index < -0.39 is 0 Å². The minimum absolute atomic E-state index is 0.101. The molecule has 0 saturated carbocycles. The molecule has 0 unspecified atom stereocenters. The predicted octanol–water partition coefficient (Wildman–Crippen LogP) is 3.67. The molecule has 2 heterocycles. The van der Waals surface area contributed by atoms with Gasteiger partial charge < -0.3 is 11.5 Å². The van der Waals surface area contributed by atoms with Crippen molar-refractivity contribution >= 4 is 58.2 Å². The van der Waals surface area contributed by atoms with Gasteiger partial charge in [0.15, 0.2) is 5.65 Å². The number of rotatable bonds is 2. The molecule has 0 saturated heterocycles. The van der Waals surface area contributed by atoms with E-state index in [0.29, 0.717) is 26.9 Å².